The number of nitrogens with two attached hydrogens (primary N) is 1. The fourth-order valence-electron chi connectivity index (χ4n) is 4.07. The number of imidazole rings is 2. The van der Waals surface area contributed by atoms with Gasteiger partial charge in [0.1, 0.15) is 24.6 Å². The summed E-state index contributed by atoms with van der Waals surface area (Å²) in [5, 5.41) is 11.2. The number of aliphatic hydroxyl groups excluding tert-OH is 1. The Morgan fingerprint density at radius 1 is 1.34 bits per heavy atom. The van der Waals surface area contributed by atoms with Gasteiger partial charge in [-0.05, 0) is 6.92 Å². The van der Waals surface area contributed by atoms with Crippen LogP contribution in [0.3, 0.4) is 0 Å². The van der Waals surface area contributed by atoms with Gasteiger partial charge in [0, 0.05) is 19.5 Å². The molecule has 18 nitrogen and oxygen atoms in total. The normalized spacial score (nSPS) is 25.8. The van der Waals surface area contributed by atoms with Gasteiger partial charge in [0.05, 0.1) is 26.4 Å². The van der Waals surface area contributed by atoms with E-state index in [0.717, 1.165) is 12.5 Å². The van der Waals surface area contributed by atoms with Gasteiger partial charge < -0.3 is 34.8 Å². The highest BCUT2D eigenvalue weighted by molar-refractivity contribution is 7.63. The zero-order valence-electron chi connectivity index (χ0n) is 20.4. The summed E-state index contributed by atoms with van der Waals surface area (Å²) in [6, 6.07) is 0. The van der Waals surface area contributed by atoms with Crippen LogP contribution in [0.5, 0.6) is 0 Å². The number of hydrogen-bond donors (Lipinski definition) is 5. The number of methoxy groups -OCH3 is 1. The molecule has 4 heterocycles. The Balaban J connectivity index is 1.61. The third-order valence-electron chi connectivity index (χ3n) is 5.66. The molecule has 1 aliphatic rings. The van der Waals surface area contributed by atoms with E-state index in [-0.39, 0.29) is 30.3 Å². The molecule has 0 saturated carbocycles. The van der Waals surface area contributed by atoms with Crippen LogP contribution in [0.1, 0.15) is 13.2 Å². The predicted molar refractivity (Wildman–Crippen MR) is 126 cm³/mol. The molecule has 0 radical (unpaired) electrons. The molecule has 1 saturated heterocycles. The first-order valence-electron chi connectivity index (χ1n) is 11.1. The highest BCUT2D eigenvalue weighted by Crippen LogP contribution is 2.61. The van der Waals surface area contributed by atoms with Crippen LogP contribution in [-0.4, -0.2) is 83.5 Å². The zero-order valence-corrected chi connectivity index (χ0v) is 22.2. The van der Waals surface area contributed by atoms with Gasteiger partial charge in [-0.2, -0.15) is 4.31 Å². The minimum atomic E-state index is -5.17. The van der Waals surface area contributed by atoms with Gasteiger partial charge >= 0.3 is 21.2 Å². The largest absolute Gasteiger partial charge is 0.481 e. The third kappa shape index (κ3) is 5.74. The maximum atomic E-state index is 12.6. The maximum absolute atomic E-state index is 12.6. The Hall–Kier alpha value is -2.50. The first kappa shape index (κ1) is 28.5. The van der Waals surface area contributed by atoms with E-state index in [1.54, 1.807) is 7.05 Å². The van der Waals surface area contributed by atoms with Gasteiger partial charge in [-0.25, -0.2) is 23.0 Å². The lowest BCUT2D eigenvalue weighted by atomic mass is 10.1. The highest BCUT2D eigenvalue weighted by atomic mass is 31.3. The fraction of sp³-hybridized carbons (Fsp3) is 0.556. The number of nitrogen functional groups attached to an aromatic ring is 1. The molecule has 210 valence electrons. The summed E-state index contributed by atoms with van der Waals surface area (Å²) in [5.74, 6) is -0.166. The summed E-state index contributed by atoms with van der Waals surface area (Å²) in [7, 11) is -6.97. The SMILES string of the molecule is COCCOC1[C@H](O)[C@H]([n+]2cn(C)c3c(=O)[nH]c(N)nc32)O[C@@H]1[C@@H](C)OP(=O)(O)OP(=O)(O)n1ccnc1. The third-order valence-corrected chi connectivity index (χ3v) is 8.76. The van der Waals surface area contributed by atoms with E-state index in [0.29, 0.717) is 4.34 Å². The lowest BCUT2D eigenvalue weighted by molar-refractivity contribution is -0.746. The molecule has 20 heteroatoms. The Bertz CT molecular complexity index is 1430. The summed E-state index contributed by atoms with van der Waals surface area (Å²) in [6.45, 7) is 1.50. The van der Waals surface area contributed by atoms with Crippen LogP contribution in [0.15, 0.2) is 29.8 Å². The van der Waals surface area contributed by atoms with Crippen molar-refractivity contribution >= 4 is 32.7 Å². The molecule has 0 amide bonds. The van der Waals surface area contributed by atoms with Crippen molar-refractivity contribution < 1.29 is 51.6 Å². The number of aryl methyl sites for hydroxylation is 1. The second-order valence-corrected chi connectivity index (χ2v) is 11.6. The Morgan fingerprint density at radius 2 is 2.08 bits per heavy atom. The molecule has 38 heavy (non-hydrogen) atoms. The van der Waals surface area contributed by atoms with Gasteiger partial charge in [-0.3, -0.25) is 18.9 Å². The molecule has 3 unspecified atom stereocenters. The van der Waals surface area contributed by atoms with E-state index in [2.05, 4.69) is 19.3 Å². The molecular formula is C18H28N7O11P2+. The van der Waals surface area contributed by atoms with Gasteiger partial charge in [0.15, 0.2) is 6.33 Å². The summed E-state index contributed by atoms with van der Waals surface area (Å²) in [5.41, 5.74) is 5.42. The molecule has 0 aromatic carbocycles. The van der Waals surface area contributed by atoms with E-state index < -0.39 is 51.8 Å². The van der Waals surface area contributed by atoms with Crippen molar-refractivity contribution in [2.24, 2.45) is 7.05 Å². The standard InChI is InChI=1S/C18H27N7O11P2/c1-10(35-38(30,31)36-37(28,29)24-5-4-20-8-24)13-14(33-7-6-32-3)12(26)17(34-13)25-9-23(2)11-15(25)21-18(19)22-16(11)27/h4-5,8-10,12-14,17,26H,6-7H2,1-3H3,(H4-,19,21,22,27,28,29,30,31)/p+1/t10-,12+,13-,14?,17-/m1/s1. The summed E-state index contributed by atoms with van der Waals surface area (Å²) < 4.78 is 54.8. The number of phosphoric ester groups is 1. The van der Waals surface area contributed by atoms with Crippen molar-refractivity contribution in [1.29, 1.82) is 0 Å². The average molecular weight is 580 g/mol. The quantitative estimate of drug-likeness (QED) is 0.102. The van der Waals surface area contributed by atoms with Gasteiger partial charge in [0.2, 0.25) is 11.7 Å². The monoisotopic (exact) mass is 580 g/mol. The number of hydrogen-bond acceptors (Lipinski definition) is 12. The van der Waals surface area contributed by atoms with Crippen molar-refractivity contribution in [2.45, 2.75) is 37.6 Å². The van der Waals surface area contributed by atoms with Crippen LogP contribution in [0.4, 0.5) is 5.95 Å². The summed E-state index contributed by atoms with van der Waals surface area (Å²) >= 11 is 0. The number of anilines is 1. The van der Waals surface area contributed by atoms with E-state index in [1.165, 1.54) is 35.7 Å². The molecule has 3 aromatic heterocycles. The van der Waals surface area contributed by atoms with Gasteiger partial charge in [-0.15, -0.1) is 0 Å². The highest BCUT2D eigenvalue weighted by Gasteiger charge is 2.52. The lowest BCUT2D eigenvalue weighted by Crippen LogP contribution is -2.46. The lowest BCUT2D eigenvalue weighted by Gasteiger charge is -2.27. The topological polar surface area (TPSA) is 239 Å². The van der Waals surface area contributed by atoms with Crippen LogP contribution in [-0.2, 0) is 39.2 Å². The van der Waals surface area contributed by atoms with Crippen molar-refractivity contribution in [1.82, 2.24) is 23.9 Å². The molecule has 0 aliphatic carbocycles. The first-order valence-corrected chi connectivity index (χ1v) is 14.1. The van der Waals surface area contributed by atoms with E-state index >= 15 is 0 Å². The minimum Gasteiger partial charge on any atom is -0.384 e. The van der Waals surface area contributed by atoms with Crippen molar-refractivity contribution in [2.75, 3.05) is 26.1 Å². The van der Waals surface area contributed by atoms with E-state index in [4.69, 9.17) is 24.5 Å². The number of nitrogens with one attached hydrogen (secondary N) is 1. The number of ether oxygens (including phenoxy) is 3. The van der Waals surface area contributed by atoms with Crippen molar-refractivity contribution in [3.05, 3.63) is 35.4 Å². The fourth-order valence-corrected chi connectivity index (χ4v) is 6.59. The number of aliphatic hydroxyl groups is 1. The van der Waals surface area contributed by atoms with Crippen LogP contribution < -0.4 is 15.9 Å². The Morgan fingerprint density at radius 3 is 2.74 bits per heavy atom. The molecule has 1 fully saturated rings. The second kappa shape index (κ2) is 10.9. The molecule has 3 aromatic rings. The molecule has 0 bridgehead atoms. The number of aromatic nitrogens is 6. The molecule has 7 atom stereocenters. The van der Waals surface area contributed by atoms with Crippen LogP contribution in [0, 0.1) is 0 Å². The number of nitrogens with zero attached hydrogens (tertiary/aromatic N) is 5. The number of aromatic amines is 1. The van der Waals surface area contributed by atoms with Crippen molar-refractivity contribution in [3.63, 3.8) is 0 Å². The molecule has 6 N–H and O–H groups in total. The smallest absolute Gasteiger partial charge is 0.384 e. The molecule has 0 spiro atoms. The van der Waals surface area contributed by atoms with E-state index in [9.17, 15) is 28.8 Å². The summed E-state index contributed by atoms with van der Waals surface area (Å²) in [4.78, 5) is 42.8. The Kier molecular flexibility index (Phi) is 8.20. The van der Waals surface area contributed by atoms with Crippen LogP contribution >= 0.6 is 15.6 Å². The zero-order chi connectivity index (χ0) is 27.8. The number of H-pyrrole nitrogens is 1. The number of rotatable bonds is 11. The van der Waals surface area contributed by atoms with Crippen LogP contribution in [0.25, 0.3) is 11.2 Å². The Labute approximate surface area is 214 Å². The average Bonchev–Trinajstić information content (AvgIpc) is 3.52. The molecule has 1 aliphatic heterocycles. The molecule has 4 rings (SSSR count). The second-order valence-electron chi connectivity index (χ2n) is 8.36. The van der Waals surface area contributed by atoms with Gasteiger partial charge in [0.25, 0.3) is 11.5 Å². The van der Waals surface area contributed by atoms with Crippen LogP contribution in [0.2, 0.25) is 0 Å². The predicted octanol–water partition coefficient (Wildman–Crippen LogP) is -1.21. The maximum Gasteiger partial charge on any atom is 0.481 e. The van der Waals surface area contributed by atoms with Gasteiger partial charge in [-0.1, -0.05) is 4.98 Å². The number of phosphoric acid groups is 1. The number of fused-ring (bicyclic) bond motifs is 1. The first-order chi connectivity index (χ1) is 17.8. The summed E-state index contributed by atoms with van der Waals surface area (Å²) in [6.07, 6.45) is -1.64. The van der Waals surface area contributed by atoms with E-state index in [1.807, 2.05) is 0 Å². The minimum absolute atomic E-state index is 0.0162. The molecular weight excluding hydrogens is 552 g/mol. The van der Waals surface area contributed by atoms with Crippen molar-refractivity contribution in [3.8, 4) is 0 Å².